The van der Waals surface area contributed by atoms with Gasteiger partial charge in [0.15, 0.2) is 0 Å². The number of benzene rings is 1. The van der Waals surface area contributed by atoms with Crippen LogP contribution >= 0.6 is 0 Å². The number of hydrazone groups is 1. The molecule has 0 saturated carbocycles. The van der Waals surface area contributed by atoms with E-state index in [0.717, 1.165) is 5.56 Å². The first-order chi connectivity index (χ1) is 7.13. The van der Waals surface area contributed by atoms with Gasteiger partial charge in [-0.05, 0) is 24.6 Å². The second-order valence-electron chi connectivity index (χ2n) is 2.81. The number of carbonyl (C=O) groups excluding carboxylic acids is 1. The molecule has 1 aromatic carbocycles. The van der Waals surface area contributed by atoms with Crippen molar-refractivity contribution in [1.29, 1.82) is 0 Å². The van der Waals surface area contributed by atoms with Crippen molar-refractivity contribution in [3.63, 3.8) is 0 Å². The van der Waals surface area contributed by atoms with Crippen molar-refractivity contribution in [1.82, 2.24) is 5.43 Å². The van der Waals surface area contributed by atoms with Crippen LogP contribution in [0.3, 0.4) is 0 Å². The zero-order chi connectivity index (χ0) is 11.3. The number of halogens is 1. The Morgan fingerprint density at radius 1 is 1.40 bits per heavy atom. The number of hydrogen-bond donors (Lipinski definition) is 1. The molecular weight excluding hydrogens is 199 g/mol. The molecule has 1 aromatic rings. The third-order valence-corrected chi connectivity index (χ3v) is 1.76. The molecule has 0 saturated heterocycles. The highest BCUT2D eigenvalue weighted by molar-refractivity contribution is 5.98. The lowest BCUT2D eigenvalue weighted by Gasteiger charge is -2.01. The molecule has 0 fully saturated rings. The number of amides is 1. The first kappa shape index (κ1) is 11.2. The van der Waals surface area contributed by atoms with Crippen molar-refractivity contribution in [3.8, 4) is 0 Å². The first-order valence-electron chi connectivity index (χ1n) is 4.27. The molecule has 0 aliphatic rings. The number of nitrogens with one attached hydrogen (secondary N) is 1. The Hall–Kier alpha value is -1.91. The molecule has 0 heterocycles. The van der Waals surface area contributed by atoms with Crippen molar-refractivity contribution >= 4 is 11.8 Å². The molecule has 1 amide bonds. The van der Waals surface area contributed by atoms with Crippen LogP contribution in [0.5, 0.6) is 0 Å². The molecule has 4 nitrogen and oxygen atoms in total. The molecule has 0 aromatic heterocycles. The van der Waals surface area contributed by atoms with E-state index in [2.05, 4.69) is 15.3 Å². The van der Waals surface area contributed by atoms with Crippen molar-refractivity contribution < 1.29 is 13.9 Å². The van der Waals surface area contributed by atoms with Crippen LogP contribution < -0.4 is 5.43 Å². The number of carbonyl (C=O) groups is 1. The first-order valence-corrected chi connectivity index (χ1v) is 4.27. The summed E-state index contributed by atoms with van der Waals surface area (Å²) < 4.78 is 16.9. The topological polar surface area (TPSA) is 50.7 Å². The largest absolute Gasteiger partial charge is 0.452 e. The maximum atomic E-state index is 12.6. The van der Waals surface area contributed by atoms with Gasteiger partial charge in [0.05, 0.1) is 12.8 Å². The van der Waals surface area contributed by atoms with Crippen molar-refractivity contribution in [2.24, 2.45) is 5.10 Å². The second kappa shape index (κ2) is 5.09. The molecule has 1 rings (SSSR count). The van der Waals surface area contributed by atoms with Gasteiger partial charge < -0.3 is 4.74 Å². The van der Waals surface area contributed by atoms with Gasteiger partial charge in [-0.15, -0.1) is 0 Å². The zero-order valence-electron chi connectivity index (χ0n) is 8.45. The van der Waals surface area contributed by atoms with E-state index in [-0.39, 0.29) is 5.82 Å². The second-order valence-corrected chi connectivity index (χ2v) is 2.81. The molecule has 0 radical (unpaired) electrons. The van der Waals surface area contributed by atoms with Crippen LogP contribution in [0.25, 0.3) is 0 Å². The summed E-state index contributed by atoms with van der Waals surface area (Å²) in [5.74, 6) is -0.313. The predicted octanol–water partition coefficient (Wildman–Crippen LogP) is 1.91. The minimum atomic E-state index is -0.642. The molecule has 1 N–H and O–H groups in total. The lowest BCUT2D eigenvalue weighted by Crippen LogP contribution is -2.18. The molecule has 5 heteroatoms. The van der Waals surface area contributed by atoms with Crippen LogP contribution in [0.4, 0.5) is 9.18 Å². The van der Waals surface area contributed by atoms with E-state index in [1.165, 1.54) is 19.2 Å². The minimum Gasteiger partial charge on any atom is -0.452 e. The van der Waals surface area contributed by atoms with E-state index in [4.69, 9.17) is 0 Å². The maximum absolute atomic E-state index is 12.6. The molecule has 15 heavy (non-hydrogen) atoms. The van der Waals surface area contributed by atoms with Gasteiger partial charge >= 0.3 is 6.09 Å². The maximum Gasteiger partial charge on any atom is 0.427 e. The van der Waals surface area contributed by atoms with Gasteiger partial charge in [-0.3, -0.25) is 0 Å². The number of methoxy groups -OCH3 is 1. The molecule has 0 spiro atoms. The molecule has 0 unspecified atom stereocenters. The summed E-state index contributed by atoms with van der Waals surface area (Å²) in [7, 11) is 1.25. The molecule has 0 bridgehead atoms. The molecule has 80 valence electrons. The predicted molar refractivity (Wildman–Crippen MR) is 54.2 cm³/mol. The Morgan fingerprint density at radius 2 is 2.00 bits per heavy atom. The Bertz CT molecular complexity index is 374. The van der Waals surface area contributed by atoms with Crippen molar-refractivity contribution in [2.75, 3.05) is 7.11 Å². The van der Waals surface area contributed by atoms with E-state index in [1.807, 2.05) is 0 Å². The molecular formula is C10H11FN2O2. The summed E-state index contributed by atoms with van der Waals surface area (Å²) in [4.78, 5) is 10.7. The number of ether oxygens (including phenoxy) is 1. The van der Waals surface area contributed by atoms with Crippen molar-refractivity contribution in [3.05, 3.63) is 35.6 Å². The zero-order valence-corrected chi connectivity index (χ0v) is 8.45. The summed E-state index contributed by atoms with van der Waals surface area (Å²) in [5, 5.41) is 3.76. The summed E-state index contributed by atoms with van der Waals surface area (Å²) in [6.45, 7) is 1.70. The normalized spacial score (nSPS) is 11.0. The van der Waals surface area contributed by atoms with E-state index < -0.39 is 6.09 Å². The average molecular weight is 210 g/mol. The van der Waals surface area contributed by atoms with E-state index in [0.29, 0.717) is 5.71 Å². The summed E-state index contributed by atoms with van der Waals surface area (Å²) >= 11 is 0. The van der Waals surface area contributed by atoms with Gasteiger partial charge in [0, 0.05) is 0 Å². The minimum absolute atomic E-state index is 0.313. The van der Waals surface area contributed by atoms with Crippen LogP contribution in [0, 0.1) is 5.82 Å². The quantitative estimate of drug-likeness (QED) is 0.598. The van der Waals surface area contributed by atoms with E-state index >= 15 is 0 Å². The van der Waals surface area contributed by atoms with Gasteiger partial charge in [-0.2, -0.15) is 5.10 Å². The molecule has 0 atom stereocenters. The third-order valence-electron chi connectivity index (χ3n) is 1.76. The highest BCUT2D eigenvalue weighted by Crippen LogP contribution is 2.03. The summed E-state index contributed by atoms with van der Waals surface area (Å²) in [6, 6.07) is 5.80. The molecule has 0 aliphatic heterocycles. The van der Waals surface area contributed by atoms with Crippen LogP contribution in [-0.4, -0.2) is 18.9 Å². The van der Waals surface area contributed by atoms with Gasteiger partial charge in [-0.1, -0.05) is 12.1 Å². The van der Waals surface area contributed by atoms with Crippen molar-refractivity contribution in [2.45, 2.75) is 6.92 Å². The smallest absolute Gasteiger partial charge is 0.427 e. The Labute approximate surface area is 86.7 Å². The Balaban J connectivity index is 2.71. The monoisotopic (exact) mass is 210 g/mol. The van der Waals surface area contributed by atoms with Crippen LogP contribution in [-0.2, 0) is 4.74 Å². The highest BCUT2D eigenvalue weighted by Gasteiger charge is 1.99. The highest BCUT2D eigenvalue weighted by atomic mass is 19.1. The fourth-order valence-electron chi connectivity index (χ4n) is 0.931. The van der Waals surface area contributed by atoms with Gasteiger partial charge in [0.1, 0.15) is 5.82 Å². The van der Waals surface area contributed by atoms with E-state index in [9.17, 15) is 9.18 Å². The van der Waals surface area contributed by atoms with Crippen LogP contribution in [0.15, 0.2) is 29.4 Å². The van der Waals surface area contributed by atoms with E-state index in [1.54, 1.807) is 19.1 Å². The third kappa shape index (κ3) is 3.38. The number of rotatable bonds is 2. The van der Waals surface area contributed by atoms with Gasteiger partial charge in [-0.25, -0.2) is 14.6 Å². The van der Waals surface area contributed by atoms with Gasteiger partial charge in [0.2, 0.25) is 0 Å². The van der Waals surface area contributed by atoms with Crippen LogP contribution in [0.1, 0.15) is 12.5 Å². The SMILES string of the molecule is COC(=O)N/N=C(\C)c1ccc(F)cc1. The average Bonchev–Trinajstić information content (AvgIpc) is 2.26. The summed E-state index contributed by atoms with van der Waals surface area (Å²) in [5.41, 5.74) is 3.48. The lowest BCUT2D eigenvalue weighted by atomic mass is 10.1. The fraction of sp³-hybridized carbons (Fsp3) is 0.200. The lowest BCUT2D eigenvalue weighted by molar-refractivity contribution is 0.171. The number of hydrogen-bond acceptors (Lipinski definition) is 3. The van der Waals surface area contributed by atoms with Gasteiger partial charge in [0.25, 0.3) is 0 Å². The standard InChI is InChI=1S/C10H11FN2O2/c1-7(12-13-10(14)15-2)8-3-5-9(11)6-4-8/h3-6H,1-2H3,(H,13,14)/b12-7+. The summed E-state index contributed by atoms with van der Waals surface area (Å²) in [6.07, 6.45) is -0.642. The van der Waals surface area contributed by atoms with Crippen LogP contribution in [0.2, 0.25) is 0 Å². The Morgan fingerprint density at radius 3 is 2.53 bits per heavy atom. The fourth-order valence-corrected chi connectivity index (χ4v) is 0.931. The Kier molecular flexibility index (Phi) is 3.79. The molecule has 0 aliphatic carbocycles. The number of nitrogens with zero attached hydrogens (tertiary/aromatic N) is 1.